The summed E-state index contributed by atoms with van der Waals surface area (Å²) in [4.78, 5) is 0. The second-order valence-corrected chi connectivity index (χ2v) is 13.1. The summed E-state index contributed by atoms with van der Waals surface area (Å²) in [6.45, 7) is 21.4. The smallest absolute Gasteiger partial charge is 0.154 e. The van der Waals surface area contributed by atoms with Gasteiger partial charge in [-0.3, -0.25) is 0 Å². The van der Waals surface area contributed by atoms with E-state index >= 15 is 0 Å². The van der Waals surface area contributed by atoms with Crippen LogP contribution in [-0.4, -0.2) is 44.9 Å². The van der Waals surface area contributed by atoms with Gasteiger partial charge < -0.3 is 18.9 Å². The topological polar surface area (TPSA) is 36.9 Å². The summed E-state index contributed by atoms with van der Waals surface area (Å²) in [6, 6.07) is 0. The molecule has 0 N–H and O–H groups in total. The maximum absolute atomic E-state index is 5.39. The van der Waals surface area contributed by atoms with E-state index in [0.717, 1.165) is 49.1 Å². The average Bonchev–Trinajstić information content (AvgIpc) is 2.82. The van der Waals surface area contributed by atoms with Gasteiger partial charge in [-0.15, -0.1) is 0 Å². The van der Waals surface area contributed by atoms with Crippen molar-refractivity contribution in [3.05, 3.63) is 0 Å². The Hall–Kier alpha value is -0.160. The summed E-state index contributed by atoms with van der Waals surface area (Å²) in [5.74, 6) is 2.17. The second kappa shape index (κ2) is 14.5. The predicted octanol–water partition coefficient (Wildman–Crippen LogP) is 8.02. The Kier molecular flexibility index (Phi) is 12.9. The van der Waals surface area contributed by atoms with Crippen molar-refractivity contribution in [3.8, 4) is 0 Å². The minimum atomic E-state index is 0.0196. The maximum Gasteiger partial charge on any atom is 0.154 e. The lowest BCUT2D eigenvalue weighted by atomic mass is 9.55. The van der Waals surface area contributed by atoms with E-state index in [1.807, 2.05) is 6.92 Å². The molecular formula is C30H58O4. The molecule has 0 aromatic carbocycles. The molecule has 0 spiro atoms. The zero-order valence-electron chi connectivity index (χ0n) is 24.0. The van der Waals surface area contributed by atoms with Crippen molar-refractivity contribution in [3.63, 3.8) is 0 Å². The standard InChI is InChI=1S/C10H18.2C7H14O.C6H12O2/c1-9-3-6-10(2,7-4-9)8-5-9;2*1-6-3-4-7(2)8-5-6;1-5-3-7-6(2)8-4-5/h3-8H2,1-2H3;2*6-7H,3-5H2,1-2H3;5-6H,3-4H2,1-2H3. The molecule has 4 unspecified atom stereocenters. The van der Waals surface area contributed by atoms with E-state index in [2.05, 4.69) is 48.5 Å². The van der Waals surface area contributed by atoms with Crippen LogP contribution in [0.25, 0.3) is 0 Å². The van der Waals surface area contributed by atoms with Crippen molar-refractivity contribution in [2.45, 2.75) is 138 Å². The Bertz CT molecular complexity index is 406. The van der Waals surface area contributed by atoms with Gasteiger partial charge in [0.1, 0.15) is 0 Å². The van der Waals surface area contributed by atoms with E-state index in [-0.39, 0.29) is 6.29 Å². The molecule has 3 saturated heterocycles. The minimum Gasteiger partial charge on any atom is -0.378 e. The van der Waals surface area contributed by atoms with Crippen molar-refractivity contribution in [1.29, 1.82) is 0 Å². The monoisotopic (exact) mass is 482 g/mol. The quantitative estimate of drug-likeness (QED) is 0.350. The first kappa shape index (κ1) is 30.1. The Balaban J connectivity index is 0.000000161. The fourth-order valence-electron chi connectivity index (χ4n) is 5.29. The van der Waals surface area contributed by atoms with E-state index in [1.54, 1.807) is 0 Å². The molecule has 3 aliphatic heterocycles. The molecule has 4 heteroatoms. The Morgan fingerprint density at radius 1 is 0.441 bits per heavy atom. The van der Waals surface area contributed by atoms with Gasteiger partial charge in [-0.2, -0.15) is 0 Å². The molecule has 3 aliphatic carbocycles. The lowest BCUT2D eigenvalue weighted by Gasteiger charge is -2.50. The van der Waals surface area contributed by atoms with Gasteiger partial charge in [0.05, 0.1) is 25.4 Å². The Labute approximate surface area is 212 Å². The first-order valence-electron chi connectivity index (χ1n) is 14.4. The molecule has 4 nitrogen and oxygen atoms in total. The third-order valence-corrected chi connectivity index (χ3v) is 8.69. The highest BCUT2D eigenvalue weighted by Crippen LogP contribution is 2.56. The summed E-state index contributed by atoms with van der Waals surface area (Å²) in [6.07, 6.45) is 15.3. The van der Waals surface area contributed by atoms with Gasteiger partial charge in [0.2, 0.25) is 0 Å². The normalized spacial score (nSPS) is 43.8. The van der Waals surface area contributed by atoms with Crippen molar-refractivity contribution < 1.29 is 18.9 Å². The van der Waals surface area contributed by atoms with Gasteiger partial charge in [0, 0.05) is 19.1 Å². The van der Waals surface area contributed by atoms with Crippen molar-refractivity contribution >= 4 is 0 Å². The van der Waals surface area contributed by atoms with Crippen LogP contribution in [0.1, 0.15) is 120 Å². The van der Waals surface area contributed by atoms with Crippen LogP contribution in [-0.2, 0) is 18.9 Å². The SMILES string of the molecule is CC12CCC(C)(CC1)CC2.CC1CCC(C)OC1.CC1CCC(C)OC1.CC1COC(C)OC1. The summed E-state index contributed by atoms with van der Waals surface area (Å²) >= 11 is 0. The average molecular weight is 483 g/mol. The fraction of sp³-hybridized carbons (Fsp3) is 1.00. The molecule has 2 bridgehead atoms. The van der Waals surface area contributed by atoms with Crippen molar-refractivity contribution in [2.75, 3.05) is 26.4 Å². The zero-order chi connectivity index (χ0) is 25.2. The van der Waals surface area contributed by atoms with E-state index in [0.29, 0.717) is 18.1 Å². The van der Waals surface area contributed by atoms with Gasteiger partial charge in [-0.25, -0.2) is 0 Å². The van der Waals surface area contributed by atoms with E-state index in [1.165, 1.54) is 64.2 Å². The number of hydrogen-bond donors (Lipinski definition) is 0. The molecule has 6 fully saturated rings. The molecule has 0 amide bonds. The van der Waals surface area contributed by atoms with Crippen LogP contribution in [0.2, 0.25) is 0 Å². The molecule has 3 heterocycles. The second-order valence-electron chi connectivity index (χ2n) is 13.1. The summed E-state index contributed by atoms with van der Waals surface area (Å²) < 4.78 is 21.1. The first-order chi connectivity index (χ1) is 16.0. The zero-order valence-corrected chi connectivity index (χ0v) is 24.0. The minimum absolute atomic E-state index is 0.0196. The molecule has 0 radical (unpaired) electrons. The van der Waals surface area contributed by atoms with Crippen molar-refractivity contribution in [2.24, 2.45) is 28.6 Å². The molecule has 34 heavy (non-hydrogen) atoms. The lowest BCUT2D eigenvalue weighted by molar-refractivity contribution is -0.187. The number of hydrogen-bond acceptors (Lipinski definition) is 4. The molecule has 0 aromatic heterocycles. The molecule has 4 atom stereocenters. The largest absolute Gasteiger partial charge is 0.378 e. The fourth-order valence-corrected chi connectivity index (χ4v) is 5.29. The molecule has 6 rings (SSSR count). The van der Waals surface area contributed by atoms with E-state index in [4.69, 9.17) is 18.9 Å². The number of fused-ring (bicyclic) bond motifs is 3. The predicted molar refractivity (Wildman–Crippen MR) is 142 cm³/mol. The van der Waals surface area contributed by atoms with Gasteiger partial charge in [0.15, 0.2) is 6.29 Å². The van der Waals surface area contributed by atoms with E-state index < -0.39 is 0 Å². The lowest BCUT2D eigenvalue weighted by Crippen LogP contribution is -2.37. The third-order valence-electron chi connectivity index (χ3n) is 8.69. The van der Waals surface area contributed by atoms with Gasteiger partial charge in [-0.05, 0) is 108 Å². The van der Waals surface area contributed by atoms with Crippen molar-refractivity contribution in [1.82, 2.24) is 0 Å². The molecule has 0 aromatic rings. The Morgan fingerprint density at radius 2 is 0.765 bits per heavy atom. The Morgan fingerprint density at radius 3 is 1.00 bits per heavy atom. The number of rotatable bonds is 0. The van der Waals surface area contributed by atoms with Crippen LogP contribution in [0.3, 0.4) is 0 Å². The van der Waals surface area contributed by atoms with Gasteiger partial charge >= 0.3 is 0 Å². The van der Waals surface area contributed by atoms with Crippen LogP contribution >= 0.6 is 0 Å². The van der Waals surface area contributed by atoms with Crippen LogP contribution in [0.4, 0.5) is 0 Å². The van der Waals surface area contributed by atoms with Crippen LogP contribution in [0.5, 0.6) is 0 Å². The molecular weight excluding hydrogens is 424 g/mol. The van der Waals surface area contributed by atoms with Crippen LogP contribution in [0, 0.1) is 28.6 Å². The van der Waals surface area contributed by atoms with Crippen LogP contribution < -0.4 is 0 Å². The highest BCUT2D eigenvalue weighted by Gasteiger charge is 2.42. The molecule has 6 aliphatic rings. The summed E-state index contributed by atoms with van der Waals surface area (Å²) in [5.41, 5.74) is 1.52. The van der Waals surface area contributed by atoms with Gasteiger partial charge in [0.25, 0.3) is 0 Å². The maximum atomic E-state index is 5.39. The van der Waals surface area contributed by atoms with E-state index in [9.17, 15) is 0 Å². The first-order valence-corrected chi connectivity index (χ1v) is 14.4. The summed E-state index contributed by atoms with van der Waals surface area (Å²) in [5, 5.41) is 0. The highest BCUT2D eigenvalue weighted by molar-refractivity contribution is 4.94. The summed E-state index contributed by atoms with van der Waals surface area (Å²) in [7, 11) is 0. The highest BCUT2D eigenvalue weighted by atomic mass is 16.7. The third kappa shape index (κ3) is 11.7. The van der Waals surface area contributed by atoms with Gasteiger partial charge in [-0.1, -0.05) is 34.6 Å². The number of ether oxygens (including phenoxy) is 4. The van der Waals surface area contributed by atoms with Crippen LogP contribution in [0.15, 0.2) is 0 Å². The molecule has 202 valence electrons. The molecule has 3 saturated carbocycles.